The second-order valence-electron chi connectivity index (χ2n) is 14.4. The van der Waals surface area contributed by atoms with Crippen LogP contribution in [0.3, 0.4) is 0 Å². The van der Waals surface area contributed by atoms with Crippen LogP contribution in [0.5, 0.6) is 0 Å². The summed E-state index contributed by atoms with van der Waals surface area (Å²) < 4.78 is 1.80. The number of aromatic carboxylic acids is 1. The molecule has 4 heterocycles. The van der Waals surface area contributed by atoms with E-state index in [1.165, 1.54) is 16.9 Å². The van der Waals surface area contributed by atoms with Crippen molar-refractivity contribution in [3.05, 3.63) is 119 Å². The molecule has 3 aromatic heterocycles. The van der Waals surface area contributed by atoms with Gasteiger partial charge in [-0.3, -0.25) is 0 Å². The lowest BCUT2D eigenvalue weighted by atomic mass is 9.91. The van der Waals surface area contributed by atoms with Crippen molar-refractivity contribution in [2.24, 2.45) is 0 Å². The van der Waals surface area contributed by atoms with Crippen molar-refractivity contribution in [1.82, 2.24) is 50.4 Å². The molecule has 0 spiro atoms. The number of amides is 2. The number of hydrogen-bond acceptors (Lipinski definition) is 12. The number of nitrogens with zero attached hydrogens (tertiary/aromatic N) is 9. The minimum atomic E-state index is -1.16. The van der Waals surface area contributed by atoms with Crippen LogP contribution in [0, 0.1) is 0 Å². The molecule has 58 heavy (non-hydrogen) atoms. The number of aliphatic hydroxyl groups is 2. The third-order valence-electron chi connectivity index (χ3n) is 10.8. The predicted molar refractivity (Wildman–Crippen MR) is 217 cm³/mol. The fourth-order valence-electron chi connectivity index (χ4n) is 7.68. The molecule has 0 radical (unpaired) electrons. The van der Waals surface area contributed by atoms with E-state index in [0.29, 0.717) is 67.7 Å². The van der Waals surface area contributed by atoms with Crippen molar-refractivity contribution in [3.8, 4) is 0 Å². The lowest BCUT2D eigenvalue weighted by Crippen LogP contribution is -2.43. The normalized spacial score (nSPS) is 20.3. The van der Waals surface area contributed by atoms with Gasteiger partial charge in [-0.2, -0.15) is 14.8 Å². The van der Waals surface area contributed by atoms with Gasteiger partial charge in [0.05, 0.1) is 17.9 Å². The topological polar surface area (TPSA) is 221 Å². The number of anilines is 2. The molecule has 6 N–H and O–H groups in total. The van der Waals surface area contributed by atoms with Crippen LogP contribution in [-0.2, 0) is 13.0 Å². The van der Waals surface area contributed by atoms with E-state index in [-0.39, 0.29) is 42.5 Å². The number of urea groups is 1. The molecule has 1 aliphatic carbocycles. The number of tetrazole rings is 1. The van der Waals surface area contributed by atoms with E-state index >= 15 is 0 Å². The van der Waals surface area contributed by atoms with Gasteiger partial charge >= 0.3 is 12.0 Å². The average molecular weight is 809 g/mol. The predicted octanol–water partition coefficient (Wildman–Crippen LogP) is 3.73. The molecule has 18 heteroatoms. The number of carbonyl (C=O) groups is 2. The van der Waals surface area contributed by atoms with E-state index in [2.05, 4.69) is 55.6 Å². The number of aromatic nitrogens is 8. The number of benzene rings is 3. The van der Waals surface area contributed by atoms with Crippen molar-refractivity contribution in [2.45, 2.75) is 69.0 Å². The Morgan fingerprint density at radius 2 is 1.60 bits per heavy atom. The van der Waals surface area contributed by atoms with E-state index < -0.39 is 30.3 Å². The molecule has 3 aromatic carbocycles. The average Bonchev–Trinajstić information content (AvgIpc) is 4.05. The number of carboxylic acids is 1. The lowest BCUT2D eigenvalue weighted by Gasteiger charge is -2.22. The molecular formula is C40H45ClN12O5. The van der Waals surface area contributed by atoms with E-state index in [1.807, 2.05) is 48.2 Å². The summed E-state index contributed by atoms with van der Waals surface area (Å²) in [6, 6.07) is 25.1. The first-order valence-electron chi connectivity index (χ1n) is 19.1. The SMILES string of the molecule is CCc1nnn([C@H]2C[C@@H](n3cnc4c(NCC(c5ccccc5)c5ccccc5)nc(N5CC[C@@H](NC(=O)NCc6ccc(C(=O)O)cc6)C5)nc43)[C@H](O)[C@@H]2O)n1.Cl. The summed E-state index contributed by atoms with van der Waals surface area (Å²) in [4.78, 5) is 42.3. The Labute approximate surface area is 339 Å². The van der Waals surface area contributed by atoms with Gasteiger partial charge in [0, 0.05) is 44.6 Å². The van der Waals surface area contributed by atoms with Crippen LogP contribution in [0.4, 0.5) is 16.6 Å². The molecule has 2 aliphatic rings. The number of halogens is 1. The van der Waals surface area contributed by atoms with Gasteiger partial charge in [0.2, 0.25) is 5.95 Å². The second-order valence-corrected chi connectivity index (χ2v) is 14.4. The minimum absolute atomic E-state index is 0. The first-order chi connectivity index (χ1) is 27.7. The van der Waals surface area contributed by atoms with Crippen molar-refractivity contribution < 1.29 is 24.9 Å². The highest BCUT2D eigenvalue weighted by Gasteiger charge is 2.45. The third-order valence-corrected chi connectivity index (χ3v) is 10.8. The van der Waals surface area contributed by atoms with Crippen LogP contribution in [0.15, 0.2) is 91.3 Å². The van der Waals surface area contributed by atoms with Gasteiger partial charge in [0.15, 0.2) is 22.8 Å². The molecule has 302 valence electrons. The zero-order chi connectivity index (χ0) is 39.5. The molecule has 1 aliphatic heterocycles. The van der Waals surface area contributed by atoms with Crippen molar-refractivity contribution in [1.29, 1.82) is 0 Å². The second kappa shape index (κ2) is 17.5. The minimum Gasteiger partial charge on any atom is -0.478 e. The number of carbonyl (C=O) groups excluding carboxylic acids is 1. The highest BCUT2D eigenvalue weighted by Crippen LogP contribution is 2.40. The summed E-state index contributed by atoms with van der Waals surface area (Å²) in [6.07, 6.45) is 0.871. The van der Waals surface area contributed by atoms with E-state index in [9.17, 15) is 19.8 Å². The molecule has 2 fully saturated rings. The molecule has 6 aromatic rings. The van der Waals surface area contributed by atoms with E-state index in [4.69, 9.17) is 20.1 Å². The third kappa shape index (κ3) is 8.41. The van der Waals surface area contributed by atoms with Crippen LogP contribution >= 0.6 is 12.4 Å². The summed E-state index contributed by atoms with van der Waals surface area (Å²) in [5, 5.41) is 53.9. The monoisotopic (exact) mass is 808 g/mol. The van der Waals surface area contributed by atoms with Crippen LogP contribution < -0.4 is 20.9 Å². The Hall–Kier alpha value is -6.17. The van der Waals surface area contributed by atoms with Crippen molar-refractivity contribution >= 4 is 47.3 Å². The molecule has 1 saturated carbocycles. The zero-order valence-electron chi connectivity index (χ0n) is 31.7. The lowest BCUT2D eigenvalue weighted by molar-refractivity contribution is 0.00473. The standard InChI is InChI=1S/C40H44N12O5.ClH/c1-2-32-47-49-52(48-32)31-19-30(34(53)35(31)54)51-23-43-33-36(41-21-29(25-9-5-3-6-10-25)26-11-7-4-8-12-26)45-39(46-37(33)51)50-18-17-28(22-50)44-40(57)42-20-24-13-15-27(16-14-24)38(55)56;/h3-16,23,28-31,34-35,53-54H,2,17-22H2,1H3,(H,55,56)(H,41,45,46)(H2,42,44,57);1H/t28-,30-,31+,34+,35-;/m1./s1. The fourth-order valence-corrected chi connectivity index (χ4v) is 7.68. The van der Waals surface area contributed by atoms with Gasteiger partial charge in [-0.1, -0.05) is 79.7 Å². The Balaban J connectivity index is 0.00000512. The highest BCUT2D eigenvalue weighted by molar-refractivity contribution is 5.87. The molecule has 2 amide bonds. The summed E-state index contributed by atoms with van der Waals surface area (Å²) in [5.41, 5.74) is 4.23. The largest absolute Gasteiger partial charge is 0.478 e. The van der Waals surface area contributed by atoms with Gasteiger partial charge < -0.3 is 40.7 Å². The van der Waals surface area contributed by atoms with Crippen molar-refractivity contribution in [2.75, 3.05) is 29.9 Å². The maximum absolute atomic E-state index is 12.9. The zero-order valence-corrected chi connectivity index (χ0v) is 32.5. The number of fused-ring (bicyclic) bond motifs is 1. The Morgan fingerprint density at radius 3 is 2.26 bits per heavy atom. The summed E-state index contributed by atoms with van der Waals surface area (Å²) in [5.74, 6) is 0.484. The van der Waals surface area contributed by atoms with Crippen LogP contribution in [0.1, 0.15) is 70.6 Å². The number of aryl methyl sites for hydroxylation is 1. The number of carboxylic acid groups (broad SMARTS) is 1. The van der Waals surface area contributed by atoms with Gasteiger partial charge in [-0.05, 0) is 46.9 Å². The Kier molecular flexibility index (Phi) is 12.1. The van der Waals surface area contributed by atoms with Crippen LogP contribution in [0.25, 0.3) is 11.2 Å². The fraction of sp³-hybridized carbons (Fsp3) is 0.350. The first kappa shape index (κ1) is 40.0. The highest BCUT2D eigenvalue weighted by atomic mass is 35.5. The summed E-state index contributed by atoms with van der Waals surface area (Å²) in [6.45, 7) is 3.68. The van der Waals surface area contributed by atoms with Gasteiger partial charge in [0.25, 0.3) is 0 Å². The van der Waals surface area contributed by atoms with Crippen molar-refractivity contribution in [3.63, 3.8) is 0 Å². The number of rotatable bonds is 13. The maximum Gasteiger partial charge on any atom is 0.335 e. The maximum atomic E-state index is 12.9. The van der Waals surface area contributed by atoms with Crippen LogP contribution in [0.2, 0.25) is 0 Å². The summed E-state index contributed by atoms with van der Waals surface area (Å²) in [7, 11) is 0. The van der Waals surface area contributed by atoms with Crippen LogP contribution in [-0.4, -0.2) is 105 Å². The van der Waals surface area contributed by atoms with Gasteiger partial charge in [0.1, 0.15) is 18.2 Å². The van der Waals surface area contributed by atoms with E-state index in [1.54, 1.807) is 23.0 Å². The molecule has 0 bridgehead atoms. The number of nitrogens with one attached hydrogen (secondary N) is 3. The Morgan fingerprint density at radius 1 is 0.914 bits per heavy atom. The molecule has 5 atom stereocenters. The molecule has 17 nitrogen and oxygen atoms in total. The molecule has 1 saturated heterocycles. The number of aliphatic hydroxyl groups excluding tert-OH is 2. The Bertz CT molecular complexity index is 2290. The van der Waals surface area contributed by atoms with Gasteiger partial charge in [-0.15, -0.1) is 22.6 Å². The smallest absolute Gasteiger partial charge is 0.335 e. The number of imidazole rings is 1. The molecule has 0 unspecified atom stereocenters. The quantitative estimate of drug-likeness (QED) is 0.0981. The van der Waals surface area contributed by atoms with E-state index in [0.717, 1.165) is 16.7 Å². The molecule has 8 rings (SSSR count). The number of hydrogen-bond donors (Lipinski definition) is 6. The van der Waals surface area contributed by atoms with Gasteiger partial charge in [-0.25, -0.2) is 14.6 Å². The first-order valence-corrected chi connectivity index (χ1v) is 19.1. The summed E-state index contributed by atoms with van der Waals surface area (Å²) >= 11 is 0. The molecular weight excluding hydrogens is 764 g/mol.